The molecule has 0 heterocycles. The van der Waals surface area contributed by atoms with Crippen molar-refractivity contribution in [2.45, 2.75) is 174 Å². The number of esters is 2. The molecule has 52 heavy (non-hydrogen) atoms. The van der Waals surface area contributed by atoms with Crippen molar-refractivity contribution in [1.82, 2.24) is 0 Å². The molecule has 0 amide bonds. The lowest BCUT2D eigenvalue weighted by Crippen LogP contribution is -2.40. The van der Waals surface area contributed by atoms with Gasteiger partial charge in [0.1, 0.15) is 13.2 Å². The first kappa shape index (κ1) is 49.5. The number of carbonyl (C=O) groups excluding carboxylic acids is 2. The first-order chi connectivity index (χ1) is 25.1. The highest BCUT2D eigenvalue weighted by Gasteiger charge is 2.25. The van der Waals surface area contributed by atoms with Crippen molar-refractivity contribution in [1.29, 1.82) is 0 Å². The molecule has 0 fully saturated rings. The molecule has 2 unspecified atom stereocenters. The van der Waals surface area contributed by atoms with Crippen LogP contribution in [0.1, 0.15) is 162 Å². The van der Waals surface area contributed by atoms with E-state index in [1.54, 1.807) is 0 Å². The minimum Gasteiger partial charge on any atom is -0.477 e. The molecule has 9 nitrogen and oxygen atoms in total. The molecule has 0 saturated heterocycles. The lowest BCUT2D eigenvalue weighted by molar-refractivity contribution is -0.870. The molecule has 0 spiro atoms. The fourth-order valence-electron chi connectivity index (χ4n) is 5.37. The Hall–Kier alpha value is -2.49. The van der Waals surface area contributed by atoms with Gasteiger partial charge in [-0.25, -0.2) is 4.79 Å². The summed E-state index contributed by atoms with van der Waals surface area (Å²) in [6, 6.07) is 0. The van der Waals surface area contributed by atoms with E-state index in [-0.39, 0.29) is 32.2 Å². The van der Waals surface area contributed by atoms with Gasteiger partial charge in [0.15, 0.2) is 6.10 Å². The van der Waals surface area contributed by atoms with E-state index in [0.29, 0.717) is 23.9 Å². The highest BCUT2D eigenvalue weighted by molar-refractivity contribution is 5.71. The molecule has 0 aliphatic heterocycles. The summed E-state index contributed by atoms with van der Waals surface area (Å²) in [6.45, 7) is 4.78. The Kier molecular flexibility index (Phi) is 33.8. The lowest BCUT2D eigenvalue weighted by Gasteiger charge is -2.25. The van der Waals surface area contributed by atoms with E-state index in [2.05, 4.69) is 50.3 Å². The van der Waals surface area contributed by atoms with Gasteiger partial charge in [-0.05, 0) is 51.4 Å². The number of hydrogen-bond donors (Lipinski definition) is 1. The van der Waals surface area contributed by atoms with Crippen molar-refractivity contribution in [3.63, 3.8) is 0 Å². The van der Waals surface area contributed by atoms with Gasteiger partial charge >= 0.3 is 17.9 Å². The number of unbranched alkanes of at least 4 members (excludes halogenated alkanes) is 16. The number of hydrogen-bond acceptors (Lipinski definition) is 7. The fraction of sp³-hybridized carbons (Fsp3) is 0.791. The van der Waals surface area contributed by atoms with Crippen LogP contribution in [0.3, 0.4) is 0 Å². The summed E-state index contributed by atoms with van der Waals surface area (Å²) in [6.07, 6.45) is 34.9. The summed E-state index contributed by atoms with van der Waals surface area (Å²) in [5.41, 5.74) is 0. The molecule has 0 radical (unpaired) electrons. The van der Waals surface area contributed by atoms with Gasteiger partial charge < -0.3 is 28.5 Å². The number of likely N-dealkylation sites (N-methyl/N-ethyl adjacent to an activating group) is 1. The van der Waals surface area contributed by atoms with Crippen molar-refractivity contribution in [2.75, 3.05) is 47.5 Å². The number of carboxylic acid groups (broad SMARTS) is 1. The number of nitrogens with zero attached hydrogens (tertiary/aromatic N) is 1. The molecule has 0 bridgehead atoms. The monoisotopic (exact) mass is 737 g/mol. The molecule has 0 rings (SSSR count). The van der Waals surface area contributed by atoms with E-state index in [1.807, 2.05) is 21.1 Å². The fourth-order valence-corrected chi connectivity index (χ4v) is 5.37. The molecule has 0 aromatic carbocycles. The number of aliphatic carboxylic acids is 1. The number of quaternary nitrogens is 1. The van der Waals surface area contributed by atoms with Crippen LogP contribution in [0.2, 0.25) is 0 Å². The van der Waals surface area contributed by atoms with Crippen LogP contribution in [0.4, 0.5) is 0 Å². The number of carboxylic acids is 1. The smallest absolute Gasteiger partial charge is 0.361 e. The summed E-state index contributed by atoms with van der Waals surface area (Å²) < 4.78 is 22.6. The summed E-state index contributed by atoms with van der Waals surface area (Å²) in [5.74, 6) is -2.03. The van der Waals surface area contributed by atoms with Gasteiger partial charge in [-0.15, -0.1) is 0 Å². The Bertz CT molecular complexity index is 955. The lowest BCUT2D eigenvalue weighted by atomic mass is 10.1. The molecular formula is C43H78NO8+. The molecule has 0 aromatic heterocycles. The normalized spacial score (nSPS) is 13.3. The predicted molar refractivity (Wildman–Crippen MR) is 212 cm³/mol. The van der Waals surface area contributed by atoms with Gasteiger partial charge in [0.2, 0.25) is 0 Å². The van der Waals surface area contributed by atoms with Gasteiger partial charge in [0.05, 0.1) is 34.4 Å². The third-order valence-electron chi connectivity index (χ3n) is 8.65. The second kappa shape index (κ2) is 35.5. The third kappa shape index (κ3) is 35.9. The number of rotatable bonds is 37. The maximum Gasteiger partial charge on any atom is 0.361 e. The number of allylic oxidation sites excluding steroid dienone is 6. The van der Waals surface area contributed by atoms with Crippen molar-refractivity contribution in [3.8, 4) is 0 Å². The van der Waals surface area contributed by atoms with Gasteiger partial charge in [0.25, 0.3) is 6.29 Å². The maximum absolute atomic E-state index is 12.7. The molecule has 302 valence electrons. The summed E-state index contributed by atoms with van der Waals surface area (Å²) in [5, 5.41) is 9.59. The van der Waals surface area contributed by atoms with Crippen molar-refractivity contribution < 1.29 is 42.9 Å². The Balaban J connectivity index is 4.45. The minimum absolute atomic E-state index is 0.185. The van der Waals surface area contributed by atoms with Crippen LogP contribution in [-0.4, -0.2) is 87.4 Å². The van der Waals surface area contributed by atoms with Crippen molar-refractivity contribution in [3.05, 3.63) is 36.5 Å². The van der Waals surface area contributed by atoms with Gasteiger partial charge in [-0.1, -0.05) is 134 Å². The van der Waals surface area contributed by atoms with Crippen LogP contribution < -0.4 is 0 Å². The Morgan fingerprint density at radius 2 is 1.04 bits per heavy atom. The largest absolute Gasteiger partial charge is 0.477 e. The second-order valence-electron chi connectivity index (χ2n) is 14.9. The Morgan fingerprint density at radius 1 is 0.577 bits per heavy atom. The molecule has 0 aromatic rings. The number of ether oxygens (including phenoxy) is 4. The zero-order chi connectivity index (χ0) is 38.5. The maximum atomic E-state index is 12.7. The third-order valence-corrected chi connectivity index (χ3v) is 8.65. The molecule has 0 aliphatic carbocycles. The van der Waals surface area contributed by atoms with E-state index in [1.165, 1.54) is 70.6 Å². The predicted octanol–water partition coefficient (Wildman–Crippen LogP) is 10.3. The first-order valence-electron chi connectivity index (χ1n) is 20.7. The average molecular weight is 737 g/mol. The van der Waals surface area contributed by atoms with E-state index in [9.17, 15) is 19.5 Å². The second-order valence-corrected chi connectivity index (χ2v) is 14.9. The van der Waals surface area contributed by atoms with Crippen molar-refractivity contribution >= 4 is 17.9 Å². The molecule has 0 saturated carbocycles. The van der Waals surface area contributed by atoms with Gasteiger partial charge in [-0.2, -0.15) is 0 Å². The quantitative estimate of drug-likeness (QED) is 0.0221. The van der Waals surface area contributed by atoms with Crippen LogP contribution in [0.15, 0.2) is 36.5 Å². The Morgan fingerprint density at radius 3 is 1.58 bits per heavy atom. The van der Waals surface area contributed by atoms with E-state index in [4.69, 9.17) is 18.9 Å². The van der Waals surface area contributed by atoms with Gasteiger partial charge in [-0.3, -0.25) is 9.59 Å². The zero-order valence-electron chi connectivity index (χ0n) is 34.0. The van der Waals surface area contributed by atoms with Crippen LogP contribution in [0.5, 0.6) is 0 Å². The summed E-state index contributed by atoms with van der Waals surface area (Å²) in [4.78, 5) is 36.9. The van der Waals surface area contributed by atoms with Crippen LogP contribution in [0, 0.1) is 0 Å². The number of carbonyl (C=O) groups is 3. The standard InChI is InChI=1S/C43H77NO8/c1-6-8-10-12-14-16-17-18-19-20-21-22-23-24-25-26-28-30-32-34-41(46)52-39(38-51-43(42(47)48)49-36-35-44(3,4)5)37-50-40(45)33-31-29-27-15-13-11-9-7-2/h14,16,18-19,21-22,39,43H,6-13,15,17,20,23-38H2,1-5H3/p+1/b16-14-,19-18-,22-21-. The average Bonchev–Trinajstić information content (AvgIpc) is 3.09. The van der Waals surface area contributed by atoms with Gasteiger partial charge in [0, 0.05) is 12.8 Å². The topological polar surface area (TPSA) is 108 Å². The molecule has 1 N–H and O–H groups in total. The van der Waals surface area contributed by atoms with E-state index < -0.39 is 24.3 Å². The minimum atomic E-state index is -1.51. The van der Waals surface area contributed by atoms with E-state index >= 15 is 0 Å². The molecule has 9 heteroatoms. The molecule has 2 atom stereocenters. The highest BCUT2D eigenvalue weighted by Crippen LogP contribution is 2.13. The molecule has 0 aliphatic rings. The SMILES string of the molecule is CCCCC/C=C\C/C=C\C/C=C\CCCCCCCCC(=O)OC(COC(=O)CCCCCCCCCC)COC(OCC[N+](C)(C)C)C(=O)O. The summed E-state index contributed by atoms with van der Waals surface area (Å²) >= 11 is 0. The van der Waals surface area contributed by atoms with Crippen molar-refractivity contribution in [2.24, 2.45) is 0 Å². The van der Waals surface area contributed by atoms with Crippen LogP contribution in [-0.2, 0) is 33.3 Å². The summed E-state index contributed by atoms with van der Waals surface area (Å²) in [7, 11) is 5.94. The van der Waals surface area contributed by atoms with E-state index in [0.717, 1.165) is 57.8 Å². The Labute approximate surface area is 318 Å². The van der Waals surface area contributed by atoms with Crippen LogP contribution >= 0.6 is 0 Å². The zero-order valence-corrected chi connectivity index (χ0v) is 34.0. The highest BCUT2D eigenvalue weighted by atomic mass is 16.7. The molecular weight excluding hydrogens is 658 g/mol. The first-order valence-corrected chi connectivity index (χ1v) is 20.7. The van der Waals surface area contributed by atoms with Crippen LogP contribution in [0.25, 0.3) is 0 Å².